The van der Waals surface area contributed by atoms with E-state index >= 15 is 0 Å². The average molecular weight is 595 g/mol. The van der Waals surface area contributed by atoms with E-state index in [4.69, 9.17) is 10.8 Å². The number of anilines is 1. The topological polar surface area (TPSA) is 81.7 Å². The van der Waals surface area contributed by atoms with Gasteiger partial charge in [0.1, 0.15) is 11.7 Å². The number of hydrogen-bond donors (Lipinski definition) is 2. The van der Waals surface area contributed by atoms with Crippen LogP contribution in [0.1, 0.15) is 11.1 Å². The number of rotatable bonds is 7. The molecule has 7 rings (SSSR count). The summed E-state index contributed by atoms with van der Waals surface area (Å²) in [5.74, 6) is 2.03. The number of amidine groups is 2. The molecule has 0 aliphatic heterocycles. The minimum absolute atomic E-state index is 0.233. The van der Waals surface area contributed by atoms with E-state index in [0.29, 0.717) is 5.56 Å². The second kappa shape index (κ2) is 12.7. The van der Waals surface area contributed by atoms with Gasteiger partial charge >= 0.3 is 0 Å². The molecule has 0 aliphatic rings. The molecule has 1 heterocycles. The van der Waals surface area contributed by atoms with Gasteiger partial charge in [-0.2, -0.15) is 0 Å². The summed E-state index contributed by atoms with van der Waals surface area (Å²) in [6.45, 7) is 0. The molecule has 0 fully saturated rings. The van der Waals surface area contributed by atoms with Gasteiger partial charge in [0, 0.05) is 33.6 Å². The third kappa shape index (κ3) is 5.63. The van der Waals surface area contributed by atoms with E-state index in [0.717, 1.165) is 50.8 Å². The molecule has 0 saturated heterocycles. The van der Waals surface area contributed by atoms with Gasteiger partial charge in [-0.25, -0.2) is 0 Å². The molecule has 0 saturated carbocycles. The van der Waals surface area contributed by atoms with Gasteiger partial charge in [0.2, 0.25) is 0 Å². The molecule has 46 heavy (non-hydrogen) atoms. The molecule has 7 aromatic rings. The molecule has 1 aromatic heterocycles. The highest BCUT2D eigenvalue weighted by atomic mass is 15.3. The van der Waals surface area contributed by atoms with Crippen LogP contribution in [0.5, 0.6) is 0 Å². The van der Waals surface area contributed by atoms with Gasteiger partial charge in [0.05, 0.1) is 0 Å². The van der Waals surface area contributed by atoms with Crippen LogP contribution >= 0.6 is 0 Å². The fourth-order valence-corrected chi connectivity index (χ4v) is 5.50. The molecule has 6 aromatic carbocycles. The molecular weight excluding hydrogens is 564 g/mol. The lowest BCUT2D eigenvalue weighted by Crippen LogP contribution is -2.37. The Bertz CT molecular complexity index is 2090. The van der Waals surface area contributed by atoms with Gasteiger partial charge in [0.25, 0.3) is 0 Å². The fraction of sp³-hybridized carbons (Fsp3) is 0. The SMILES string of the molecule is N=C(c1ccccc1)N(C(=N)c1ccc(-c2ccc(-c3nnc(-c4ccccc4)n3-c3ccccc3)cc2)cc1)c1ccccc1. The van der Waals surface area contributed by atoms with Crippen LogP contribution in [0.4, 0.5) is 5.69 Å². The van der Waals surface area contributed by atoms with Crippen LogP contribution in [0.25, 0.3) is 39.6 Å². The van der Waals surface area contributed by atoms with Crippen LogP contribution in [0.2, 0.25) is 0 Å². The second-order valence-electron chi connectivity index (χ2n) is 10.8. The Morgan fingerprint density at radius 1 is 0.413 bits per heavy atom. The van der Waals surface area contributed by atoms with E-state index in [1.165, 1.54) is 0 Å². The van der Waals surface area contributed by atoms with Gasteiger partial charge in [-0.15, -0.1) is 10.2 Å². The third-order valence-electron chi connectivity index (χ3n) is 7.85. The van der Waals surface area contributed by atoms with Crippen molar-refractivity contribution in [2.75, 3.05) is 4.90 Å². The highest BCUT2D eigenvalue weighted by Crippen LogP contribution is 2.30. The summed E-state index contributed by atoms with van der Waals surface area (Å²) in [6.07, 6.45) is 0. The van der Waals surface area contributed by atoms with E-state index < -0.39 is 0 Å². The zero-order valence-corrected chi connectivity index (χ0v) is 25.0. The lowest BCUT2D eigenvalue weighted by atomic mass is 10.0. The van der Waals surface area contributed by atoms with Crippen molar-refractivity contribution in [2.24, 2.45) is 0 Å². The van der Waals surface area contributed by atoms with Crippen molar-refractivity contribution in [1.82, 2.24) is 14.8 Å². The normalized spacial score (nSPS) is 10.8. The van der Waals surface area contributed by atoms with Gasteiger partial charge < -0.3 is 0 Å². The highest BCUT2D eigenvalue weighted by molar-refractivity contribution is 6.27. The third-order valence-corrected chi connectivity index (χ3v) is 7.85. The van der Waals surface area contributed by atoms with Gasteiger partial charge in [-0.1, -0.05) is 146 Å². The van der Waals surface area contributed by atoms with Crippen molar-refractivity contribution in [1.29, 1.82) is 10.8 Å². The largest absolute Gasteiger partial charge is 0.284 e. The van der Waals surface area contributed by atoms with Crippen LogP contribution in [0, 0.1) is 10.8 Å². The van der Waals surface area contributed by atoms with E-state index in [1.807, 2.05) is 133 Å². The first-order valence-electron chi connectivity index (χ1n) is 15.0. The van der Waals surface area contributed by atoms with Crippen LogP contribution in [0.15, 0.2) is 170 Å². The second-order valence-corrected chi connectivity index (χ2v) is 10.8. The maximum Gasteiger partial charge on any atom is 0.168 e. The molecule has 6 heteroatoms. The number of hydrogen-bond acceptors (Lipinski definition) is 4. The van der Waals surface area contributed by atoms with Gasteiger partial charge in [-0.3, -0.25) is 20.3 Å². The summed E-state index contributed by atoms with van der Waals surface area (Å²) in [5.41, 5.74) is 7.25. The van der Waals surface area contributed by atoms with Gasteiger partial charge in [-0.05, 0) is 35.4 Å². The van der Waals surface area contributed by atoms with Crippen molar-refractivity contribution in [3.05, 3.63) is 181 Å². The smallest absolute Gasteiger partial charge is 0.168 e. The molecule has 0 aliphatic carbocycles. The van der Waals surface area contributed by atoms with E-state index in [2.05, 4.69) is 51.2 Å². The summed E-state index contributed by atoms with van der Waals surface area (Å²) in [7, 11) is 0. The highest BCUT2D eigenvalue weighted by Gasteiger charge is 2.21. The summed E-state index contributed by atoms with van der Waals surface area (Å²) in [4.78, 5) is 1.67. The standard InChI is InChI=1S/C40H30N6/c41-37(31-13-5-1-6-14-31)45(35-17-9-3-10-18-35)38(42)32-25-21-29(22-26-32)30-23-27-34(28-24-30)40-44-43-39(33-15-7-2-8-16-33)46(40)36-19-11-4-12-20-36/h1-28,41-42H. The summed E-state index contributed by atoms with van der Waals surface area (Å²) in [5, 5.41) is 27.3. The maximum absolute atomic E-state index is 9.13. The van der Waals surface area contributed by atoms with Crippen molar-refractivity contribution >= 4 is 17.4 Å². The average Bonchev–Trinajstić information content (AvgIpc) is 3.59. The number of nitrogens with one attached hydrogen (secondary N) is 2. The lowest BCUT2D eigenvalue weighted by Gasteiger charge is -2.26. The summed E-state index contributed by atoms with van der Waals surface area (Å²) >= 11 is 0. The van der Waals surface area contributed by atoms with Crippen molar-refractivity contribution < 1.29 is 0 Å². The molecule has 0 unspecified atom stereocenters. The maximum atomic E-state index is 9.13. The Hall–Kier alpha value is -6.40. The van der Waals surface area contributed by atoms with Gasteiger partial charge in [0.15, 0.2) is 11.6 Å². The Balaban J connectivity index is 1.17. The Labute approximate surface area is 267 Å². The molecule has 220 valence electrons. The zero-order valence-electron chi connectivity index (χ0n) is 25.0. The predicted molar refractivity (Wildman–Crippen MR) is 187 cm³/mol. The Morgan fingerprint density at radius 2 is 0.804 bits per heavy atom. The van der Waals surface area contributed by atoms with E-state index in [1.54, 1.807) is 4.90 Å². The first-order chi connectivity index (χ1) is 22.7. The minimum atomic E-state index is 0.233. The monoisotopic (exact) mass is 594 g/mol. The molecule has 0 spiro atoms. The van der Waals surface area contributed by atoms with Crippen LogP contribution in [-0.2, 0) is 0 Å². The molecule has 6 nitrogen and oxygen atoms in total. The van der Waals surface area contributed by atoms with Crippen molar-refractivity contribution in [2.45, 2.75) is 0 Å². The quantitative estimate of drug-likeness (QED) is 0.143. The molecule has 0 amide bonds. The van der Waals surface area contributed by atoms with Crippen molar-refractivity contribution in [3.63, 3.8) is 0 Å². The predicted octanol–water partition coefficient (Wildman–Crippen LogP) is 9.13. The summed E-state index contributed by atoms with van der Waals surface area (Å²) < 4.78 is 2.09. The molecule has 0 radical (unpaired) electrons. The van der Waals surface area contributed by atoms with E-state index in [9.17, 15) is 0 Å². The lowest BCUT2D eigenvalue weighted by molar-refractivity contribution is 1.07. The molecule has 2 N–H and O–H groups in total. The number of benzene rings is 6. The molecular formula is C40H30N6. The first kappa shape index (κ1) is 28.4. The van der Waals surface area contributed by atoms with Crippen LogP contribution in [-0.4, -0.2) is 26.4 Å². The molecule has 0 atom stereocenters. The number of aromatic nitrogens is 3. The van der Waals surface area contributed by atoms with E-state index in [-0.39, 0.29) is 11.7 Å². The first-order valence-corrected chi connectivity index (χ1v) is 15.0. The Morgan fingerprint density at radius 3 is 1.35 bits per heavy atom. The number of para-hydroxylation sites is 2. The zero-order chi connectivity index (χ0) is 31.3. The Kier molecular flexibility index (Phi) is 7.82. The number of nitrogens with zero attached hydrogens (tertiary/aromatic N) is 4. The van der Waals surface area contributed by atoms with Crippen molar-refractivity contribution in [3.8, 4) is 39.6 Å². The van der Waals surface area contributed by atoms with Crippen LogP contribution < -0.4 is 4.90 Å². The summed E-state index contributed by atoms with van der Waals surface area (Å²) in [6, 6.07) is 55.7. The fourth-order valence-electron chi connectivity index (χ4n) is 5.50. The van der Waals surface area contributed by atoms with Crippen LogP contribution in [0.3, 0.4) is 0 Å². The molecule has 0 bridgehead atoms. The minimum Gasteiger partial charge on any atom is -0.284 e.